The highest BCUT2D eigenvalue weighted by Crippen LogP contribution is 2.45. The van der Waals surface area contributed by atoms with Gasteiger partial charge in [0.15, 0.2) is 0 Å². The lowest BCUT2D eigenvalue weighted by atomic mass is 9.89. The Bertz CT molecular complexity index is 1830. The number of rotatable bonds is 3. The summed E-state index contributed by atoms with van der Waals surface area (Å²) in [6, 6.07) is 22.9. The van der Waals surface area contributed by atoms with Gasteiger partial charge >= 0.3 is 0 Å². The number of aryl methyl sites for hydroxylation is 1. The third-order valence-electron chi connectivity index (χ3n) is 7.89. The summed E-state index contributed by atoms with van der Waals surface area (Å²) in [5, 5.41) is 14.0. The summed E-state index contributed by atoms with van der Waals surface area (Å²) >= 11 is 0. The van der Waals surface area contributed by atoms with Gasteiger partial charge in [-0.2, -0.15) is 0 Å². The van der Waals surface area contributed by atoms with Crippen molar-refractivity contribution in [3.8, 4) is 28.1 Å². The zero-order chi connectivity index (χ0) is 25.1. The first kappa shape index (κ1) is 22.1. The molecule has 4 aromatic carbocycles. The van der Waals surface area contributed by atoms with Crippen molar-refractivity contribution >= 4 is 32.7 Å². The highest BCUT2D eigenvalue weighted by molar-refractivity contribution is 6.12. The first-order chi connectivity index (χ1) is 18.1. The molecule has 1 aliphatic rings. The highest BCUT2D eigenvalue weighted by Gasteiger charge is 2.26. The predicted molar refractivity (Wildman–Crippen MR) is 147 cm³/mol. The van der Waals surface area contributed by atoms with Crippen molar-refractivity contribution in [3.63, 3.8) is 0 Å². The van der Waals surface area contributed by atoms with Crippen LogP contribution in [0.4, 0.5) is 4.39 Å². The maximum absolute atomic E-state index is 16.5. The molecule has 0 atom stereocenters. The van der Waals surface area contributed by atoms with Crippen molar-refractivity contribution in [2.75, 3.05) is 0 Å². The van der Waals surface area contributed by atoms with Gasteiger partial charge in [0.2, 0.25) is 0 Å². The molecule has 4 heteroatoms. The highest BCUT2D eigenvalue weighted by atomic mass is 19.1. The van der Waals surface area contributed by atoms with Crippen LogP contribution in [0, 0.1) is 12.7 Å². The van der Waals surface area contributed by atoms with E-state index in [1.54, 1.807) is 24.3 Å². The number of aromatic hydroxyl groups is 1. The summed E-state index contributed by atoms with van der Waals surface area (Å²) in [6.07, 6.45) is 6.24. The molecule has 0 bridgehead atoms. The molecular weight excluding hydrogens is 461 g/mol. The van der Waals surface area contributed by atoms with E-state index in [1.165, 1.54) is 0 Å². The van der Waals surface area contributed by atoms with Crippen molar-refractivity contribution in [1.82, 2.24) is 4.98 Å². The van der Waals surface area contributed by atoms with Crippen LogP contribution in [0.1, 0.15) is 42.7 Å². The number of nitrogens with zero attached hydrogens (tertiary/aromatic N) is 1. The van der Waals surface area contributed by atoms with Gasteiger partial charge in [0.05, 0.1) is 5.69 Å². The van der Waals surface area contributed by atoms with Crippen LogP contribution in [-0.4, -0.2) is 10.1 Å². The molecule has 0 radical (unpaired) electrons. The van der Waals surface area contributed by atoms with Gasteiger partial charge in [-0.1, -0.05) is 61.4 Å². The van der Waals surface area contributed by atoms with Gasteiger partial charge in [-0.25, -0.2) is 4.39 Å². The lowest BCUT2D eigenvalue weighted by molar-refractivity contribution is 0.477. The van der Waals surface area contributed by atoms with Crippen molar-refractivity contribution in [2.24, 2.45) is 0 Å². The lowest BCUT2D eigenvalue weighted by Gasteiger charge is -2.18. The summed E-state index contributed by atoms with van der Waals surface area (Å²) in [4.78, 5) is 4.97. The predicted octanol–water partition coefficient (Wildman–Crippen LogP) is 9.28. The number of hydrogen-bond acceptors (Lipinski definition) is 3. The minimum absolute atomic E-state index is 0.0696. The summed E-state index contributed by atoms with van der Waals surface area (Å²) in [7, 11) is 0. The number of hydrogen-bond donors (Lipinski definition) is 1. The van der Waals surface area contributed by atoms with Gasteiger partial charge in [-0.15, -0.1) is 0 Å². The fourth-order valence-electron chi connectivity index (χ4n) is 6.14. The molecule has 7 rings (SSSR count). The fourth-order valence-corrected chi connectivity index (χ4v) is 6.14. The van der Waals surface area contributed by atoms with Gasteiger partial charge in [0.25, 0.3) is 0 Å². The Labute approximate surface area is 214 Å². The second-order valence-corrected chi connectivity index (χ2v) is 10.2. The van der Waals surface area contributed by atoms with Crippen LogP contribution in [0.15, 0.2) is 83.4 Å². The Morgan fingerprint density at radius 1 is 0.838 bits per heavy atom. The molecule has 2 aromatic heterocycles. The fraction of sp³-hybridized carbons (Fsp3) is 0.182. The smallest absolute Gasteiger partial charge is 0.144 e. The van der Waals surface area contributed by atoms with E-state index in [4.69, 9.17) is 9.40 Å². The maximum atomic E-state index is 16.5. The van der Waals surface area contributed by atoms with E-state index in [1.807, 2.05) is 36.5 Å². The van der Waals surface area contributed by atoms with E-state index in [-0.39, 0.29) is 17.5 Å². The van der Waals surface area contributed by atoms with Crippen LogP contribution in [-0.2, 0) is 0 Å². The molecule has 37 heavy (non-hydrogen) atoms. The Morgan fingerprint density at radius 2 is 1.62 bits per heavy atom. The summed E-state index contributed by atoms with van der Waals surface area (Å²) in [5.74, 6) is 0.0417. The Balaban J connectivity index is 1.56. The number of fused-ring (bicyclic) bond motifs is 4. The molecule has 0 saturated heterocycles. The monoisotopic (exact) mass is 487 g/mol. The third kappa shape index (κ3) is 3.43. The van der Waals surface area contributed by atoms with Gasteiger partial charge in [-0.3, -0.25) is 4.98 Å². The molecule has 1 aliphatic carbocycles. The normalized spacial score (nSPS) is 14.3. The van der Waals surface area contributed by atoms with Crippen molar-refractivity contribution < 1.29 is 13.9 Å². The van der Waals surface area contributed by atoms with Crippen LogP contribution in [0.25, 0.3) is 55.1 Å². The molecule has 2 heterocycles. The summed E-state index contributed by atoms with van der Waals surface area (Å²) in [5.41, 5.74) is 6.11. The standard InChI is InChI=1S/C33H26FNO2/c1-19-16-25-22-11-5-7-13-29(22)37-33(25)26(17-19)32-24-15-14-23(21-10-4-6-12-28(21)36)31(34)30(24)27(18-35-32)20-8-2-3-9-20/h4-7,10-18,20,36H,2-3,8-9H2,1H3. The molecule has 0 amide bonds. The van der Waals surface area contributed by atoms with E-state index in [0.29, 0.717) is 22.2 Å². The Hall–Kier alpha value is -4.18. The van der Waals surface area contributed by atoms with Crippen LogP contribution in [0.5, 0.6) is 5.75 Å². The average molecular weight is 488 g/mol. The SMILES string of the molecule is Cc1cc(-c2ncc(C3CCCC3)c3c(F)c(-c4ccccc4O)ccc23)c2oc3ccccc3c2c1. The molecule has 6 aromatic rings. The molecule has 182 valence electrons. The summed E-state index contributed by atoms with van der Waals surface area (Å²) < 4.78 is 22.9. The first-order valence-corrected chi connectivity index (χ1v) is 12.9. The van der Waals surface area contributed by atoms with Crippen LogP contribution < -0.4 is 0 Å². The van der Waals surface area contributed by atoms with E-state index < -0.39 is 0 Å². The zero-order valence-electron chi connectivity index (χ0n) is 20.6. The number of furan rings is 1. The van der Waals surface area contributed by atoms with Crippen molar-refractivity contribution in [3.05, 3.63) is 95.9 Å². The van der Waals surface area contributed by atoms with E-state index in [9.17, 15) is 5.11 Å². The number of halogens is 1. The molecule has 0 aliphatic heterocycles. The number of para-hydroxylation sites is 2. The maximum Gasteiger partial charge on any atom is 0.144 e. The van der Waals surface area contributed by atoms with Gasteiger partial charge in [-0.05, 0) is 61.1 Å². The molecule has 0 spiro atoms. The van der Waals surface area contributed by atoms with Gasteiger partial charge < -0.3 is 9.52 Å². The van der Waals surface area contributed by atoms with Crippen LogP contribution >= 0.6 is 0 Å². The van der Waals surface area contributed by atoms with Crippen molar-refractivity contribution in [2.45, 2.75) is 38.5 Å². The Kier molecular flexibility index (Phi) is 5.03. The number of phenolic OH excluding ortho intramolecular Hbond substituents is 1. The van der Waals surface area contributed by atoms with E-state index >= 15 is 4.39 Å². The topological polar surface area (TPSA) is 46.3 Å². The molecule has 3 nitrogen and oxygen atoms in total. The largest absolute Gasteiger partial charge is 0.507 e. The number of pyridine rings is 1. The van der Waals surface area contributed by atoms with Gasteiger partial charge in [0.1, 0.15) is 22.7 Å². The van der Waals surface area contributed by atoms with Crippen LogP contribution in [0.3, 0.4) is 0 Å². The number of phenols is 1. The quantitative estimate of drug-likeness (QED) is 0.270. The zero-order valence-corrected chi connectivity index (χ0v) is 20.6. The number of aromatic nitrogens is 1. The van der Waals surface area contributed by atoms with E-state index in [2.05, 4.69) is 25.1 Å². The second-order valence-electron chi connectivity index (χ2n) is 10.2. The third-order valence-corrected chi connectivity index (χ3v) is 7.89. The minimum Gasteiger partial charge on any atom is -0.507 e. The molecule has 1 saturated carbocycles. The van der Waals surface area contributed by atoms with Crippen molar-refractivity contribution in [1.29, 1.82) is 0 Å². The lowest BCUT2D eigenvalue weighted by Crippen LogP contribution is -2.01. The molecule has 0 unspecified atom stereocenters. The average Bonchev–Trinajstić information content (AvgIpc) is 3.57. The van der Waals surface area contributed by atoms with Gasteiger partial charge in [0, 0.05) is 44.4 Å². The minimum atomic E-state index is -0.307. The van der Waals surface area contributed by atoms with Crippen LogP contribution in [0.2, 0.25) is 0 Å². The Morgan fingerprint density at radius 3 is 2.46 bits per heavy atom. The molecular formula is C33H26FNO2. The number of benzene rings is 4. The van der Waals surface area contributed by atoms with E-state index in [0.717, 1.165) is 69.7 Å². The molecule has 1 fully saturated rings. The second kappa shape index (κ2) is 8.45. The summed E-state index contributed by atoms with van der Waals surface area (Å²) in [6.45, 7) is 2.07. The molecule has 1 N–H and O–H groups in total. The first-order valence-electron chi connectivity index (χ1n) is 12.9.